The summed E-state index contributed by atoms with van der Waals surface area (Å²) in [5, 5.41) is 4.17. The maximum absolute atomic E-state index is 11.0. The van der Waals surface area contributed by atoms with Gasteiger partial charge in [0.1, 0.15) is 6.04 Å². The average molecular weight is 195 g/mol. The SMILES string of the molecule is Cn1cc(N)c(N2CCC2C(N)=O)n1. The summed E-state index contributed by atoms with van der Waals surface area (Å²) in [6.45, 7) is 0.787. The van der Waals surface area contributed by atoms with Crippen LogP contribution in [-0.2, 0) is 11.8 Å². The predicted molar refractivity (Wildman–Crippen MR) is 52.6 cm³/mol. The highest BCUT2D eigenvalue weighted by molar-refractivity contribution is 5.86. The Labute approximate surface area is 81.5 Å². The van der Waals surface area contributed by atoms with E-state index in [1.54, 1.807) is 17.9 Å². The van der Waals surface area contributed by atoms with Gasteiger partial charge in [-0.1, -0.05) is 0 Å². The molecule has 2 rings (SSSR count). The molecule has 6 heteroatoms. The Bertz CT molecular complexity index is 372. The Morgan fingerprint density at radius 3 is 2.79 bits per heavy atom. The van der Waals surface area contributed by atoms with Crippen molar-refractivity contribution < 1.29 is 4.79 Å². The average Bonchev–Trinajstić information content (AvgIpc) is 2.27. The van der Waals surface area contributed by atoms with Gasteiger partial charge in [0.05, 0.1) is 5.69 Å². The quantitative estimate of drug-likeness (QED) is 0.637. The zero-order valence-electron chi connectivity index (χ0n) is 7.97. The molecular formula is C8H13N5O. The minimum atomic E-state index is -0.318. The van der Waals surface area contributed by atoms with Crippen molar-refractivity contribution in [3.05, 3.63) is 6.20 Å². The van der Waals surface area contributed by atoms with Crippen molar-refractivity contribution in [1.29, 1.82) is 0 Å². The monoisotopic (exact) mass is 195 g/mol. The molecule has 1 aromatic rings. The molecule has 1 saturated heterocycles. The van der Waals surface area contributed by atoms with Crippen LogP contribution in [0.15, 0.2) is 6.20 Å². The first-order valence-corrected chi connectivity index (χ1v) is 4.44. The minimum absolute atomic E-state index is 0.243. The van der Waals surface area contributed by atoms with Crippen LogP contribution in [0, 0.1) is 0 Å². The van der Waals surface area contributed by atoms with Gasteiger partial charge in [0.15, 0.2) is 5.82 Å². The van der Waals surface area contributed by atoms with Gasteiger partial charge in [-0.15, -0.1) is 0 Å². The fraction of sp³-hybridized carbons (Fsp3) is 0.500. The summed E-state index contributed by atoms with van der Waals surface area (Å²) >= 11 is 0. The number of hydrogen-bond donors (Lipinski definition) is 2. The first-order chi connectivity index (χ1) is 6.59. The maximum atomic E-state index is 11.0. The number of carbonyl (C=O) groups excluding carboxylic acids is 1. The van der Waals surface area contributed by atoms with Gasteiger partial charge in [-0.2, -0.15) is 5.10 Å². The standard InChI is InChI=1S/C8H13N5O/c1-12-4-5(9)8(11-12)13-3-2-6(13)7(10)14/h4,6H,2-3,9H2,1H3,(H2,10,14). The molecule has 2 heterocycles. The molecule has 0 saturated carbocycles. The van der Waals surface area contributed by atoms with E-state index in [4.69, 9.17) is 11.5 Å². The van der Waals surface area contributed by atoms with Gasteiger partial charge in [-0.25, -0.2) is 0 Å². The van der Waals surface area contributed by atoms with Crippen LogP contribution in [0.3, 0.4) is 0 Å². The van der Waals surface area contributed by atoms with Gasteiger partial charge in [0, 0.05) is 19.8 Å². The number of primary amides is 1. The lowest BCUT2D eigenvalue weighted by molar-refractivity contribution is -0.120. The van der Waals surface area contributed by atoms with Crippen molar-refractivity contribution in [1.82, 2.24) is 9.78 Å². The van der Waals surface area contributed by atoms with Crippen LogP contribution in [0.1, 0.15) is 6.42 Å². The Balaban J connectivity index is 2.24. The minimum Gasteiger partial charge on any atom is -0.394 e. The van der Waals surface area contributed by atoms with Crippen LogP contribution in [0.5, 0.6) is 0 Å². The van der Waals surface area contributed by atoms with Crippen molar-refractivity contribution in [3.63, 3.8) is 0 Å². The molecule has 1 aliphatic rings. The number of amides is 1. The van der Waals surface area contributed by atoms with Crippen LogP contribution in [0.2, 0.25) is 0 Å². The van der Waals surface area contributed by atoms with Crippen molar-refractivity contribution in [2.45, 2.75) is 12.5 Å². The molecule has 0 aliphatic carbocycles. The molecule has 6 nitrogen and oxygen atoms in total. The Kier molecular flexibility index (Phi) is 1.83. The Morgan fingerprint density at radius 2 is 2.43 bits per heavy atom. The zero-order valence-corrected chi connectivity index (χ0v) is 7.97. The molecule has 0 radical (unpaired) electrons. The highest BCUT2D eigenvalue weighted by Gasteiger charge is 2.35. The van der Waals surface area contributed by atoms with Gasteiger partial charge in [0.2, 0.25) is 5.91 Å². The molecule has 1 unspecified atom stereocenters. The summed E-state index contributed by atoms with van der Waals surface area (Å²) in [4.78, 5) is 12.8. The fourth-order valence-corrected chi connectivity index (χ4v) is 1.65. The van der Waals surface area contributed by atoms with E-state index in [9.17, 15) is 4.79 Å². The first-order valence-electron chi connectivity index (χ1n) is 4.44. The predicted octanol–water partition coefficient (Wildman–Crippen LogP) is -0.934. The summed E-state index contributed by atoms with van der Waals surface area (Å²) in [7, 11) is 1.79. The molecule has 0 spiro atoms. The maximum Gasteiger partial charge on any atom is 0.240 e. The van der Waals surface area contributed by atoms with Crippen LogP contribution in [-0.4, -0.2) is 28.3 Å². The molecule has 4 N–H and O–H groups in total. The van der Waals surface area contributed by atoms with Crippen molar-refractivity contribution in [2.75, 3.05) is 17.2 Å². The number of nitrogens with zero attached hydrogens (tertiary/aromatic N) is 3. The second-order valence-corrected chi connectivity index (χ2v) is 3.48. The van der Waals surface area contributed by atoms with E-state index in [0.29, 0.717) is 11.5 Å². The van der Waals surface area contributed by atoms with Gasteiger partial charge >= 0.3 is 0 Å². The largest absolute Gasteiger partial charge is 0.394 e. The van der Waals surface area contributed by atoms with Crippen LogP contribution in [0.4, 0.5) is 11.5 Å². The smallest absolute Gasteiger partial charge is 0.240 e. The number of aromatic nitrogens is 2. The molecule has 1 aromatic heterocycles. The summed E-state index contributed by atoms with van der Waals surface area (Å²) in [6.07, 6.45) is 2.50. The molecular weight excluding hydrogens is 182 g/mol. The normalized spacial score (nSPS) is 20.6. The lowest BCUT2D eigenvalue weighted by atomic mass is 10.0. The second-order valence-electron chi connectivity index (χ2n) is 3.48. The second kappa shape index (κ2) is 2.90. The molecule has 1 fully saturated rings. The molecule has 1 amide bonds. The van der Waals surface area contributed by atoms with Gasteiger partial charge < -0.3 is 16.4 Å². The summed E-state index contributed by atoms with van der Waals surface area (Å²) in [5.41, 5.74) is 11.5. The van der Waals surface area contributed by atoms with E-state index in [0.717, 1.165) is 13.0 Å². The third-order valence-corrected chi connectivity index (χ3v) is 2.46. The van der Waals surface area contributed by atoms with Gasteiger partial charge in [-0.05, 0) is 6.42 Å². The van der Waals surface area contributed by atoms with Crippen LogP contribution in [0.25, 0.3) is 0 Å². The molecule has 14 heavy (non-hydrogen) atoms. The lowest BCUT2D eigenvalue weighted by Gasteiger charge is -2.39. The summed E-state index contributed by atoms with van der Waals surface area (Å²) < 4.78 is 1.63. The topological polar surface area (TPSA) is 90.2 Å². The van der Waals surface area contributed by atoms with Crippen molar-refractivity contribution in [3.8, 4) is 0 Å². The van der Waals surface area contributed by atoms with Crippen molar-refractivity contribution in [2.24, 2.45) is 12.8 Å². The van der Waals surface area contributed by atoms with E-state index in [2.05, 4.69) is 5.10 Å². The summed E-state index contributed by atoms with van der Waals surface area (Å²) in [6, 6.07) is -0.243. The van der Waals surface area contributed by atoms with Crippen molar-refractivity contribution >= 4 is 17.4 Å². The van der Waals surface area contributed by atoms with Crippen LogP contribution < -0.4 is 16.4 Å². The van der Waals surface area contributed by atoms with E-state index in [1.807, 2.05) is 4.90 Å². The molecule has 1 atom stereocenters. The molecule has 0 bridgehead atoms. The van der Waals surface area contributed by atoms with E-state index < -0.39 is 0 Å². The highest BCUT2D eigenvalue weighted by Crippen LogP contribution is 2.29. The van der Waals surface area contributed by atoms with E-state index >= 15 is 0 Å². The number of nitrogens with two attached hydrogens (primary N) is 2. The van der Waals surface area contributed by atoms with E-state index in [-0.39, 0.29) is 11.9 Å². The number of hydrogen-bond acceptors (Lipinski definition) is 4. The third-order valence-electron chi connectivity index (χ3n) is 2.46. The van der Waals surface area contributed by atoms with Gasteiger partial charge in [-0.3, -0.25) is 9.48 Å². The number of aryl methyl sites for hydroxylation is 1. The highest BCUT2D eigenvalue weighted by atomic mass is 16.1. The third kappa shape index (κ3) is 1.19. The molecule has 1 aliphatic heterocycles. The number of anilines is 2. The van der Waals surface area contributed by atoms with E-state index in [1.165, 1.54) is 0 Å². The fourth-order valence-electron chi connectivity index (χ4n) is 1.65. The van der Waals surface area contributed by atoms with Crippen LogP contribution >= 0.6 is 0 Å². The lowest BCUT2D eigenvalue weighted by Crippen LogP contribution is -2.55. The first kappa shape index (κ1) is 8.86. The summed E-state index contributed by atoms with van der Waals surface area (Å²) in [5.74, 6) is 0.337. The van der Waals surface area contributed by atoms with Gasteiger partial charge in [0.25, 0.3) is 0 Å². The zero-order chi connectivity index (χ0) is 10.3. The number of rotatable bonds is 2. The molecule has 0 aromatic carbocycles. The number of carbonyl (C=O) groups is 1. The Morgan fingerprint density at radius 1 is 1.71 bits per heavy atom. The Hall–Kier alpha value is -1.72. The molecule has 76 valence electrons. The number of nitrogen functional groups attached to an aromatic ring is 1.